The topological polar surface area (TPSA) is 38.0 Å². The van der Waals surface area contributed by atoms with Gasteiger partial charge in [-0.25, -0.2) is 0 Å². The molecule has 0 saturated heterocycles. The molecule has 1 saturated carbocycles. The molecule has 0 aliphatic heterocycles. The summed E-state index contributed by atoms with van der Waals surface area (Å²) in [5.41, 5.74) is 8.39. The fourth-order valence-electron chi connectivity index (χ4n) is 2.24. The number of nitrogens with two attached hydrogens (primary N) is 1. The Hall–Kier alpha value is -0.540. The average molecular weight is 283 g/mol. The van der Waals surface area contributed by atoms with Crippen LogP contribution < -0.4 is 11.1 Å². The van der Waals surface area contributed by atoms with Gasteiger partial charge in [0.05, 0.1) is 0 Å². The van der Waals surface area contributed by atoms with Gasteiger partial charge < -0.3 is 11.1 Å². The largest absolute Gasteiger partial charge is 0.381 e. The first-order valence-corrected chi connectivity index (χ1v) is 6.73. The molecule has 3 N–H and O–H groups in total. The SMILES string of the molecule is Cc1cccc(NC2CCC(N)CC2)c1Br. The van der Waals surface area contributed by atoms with E-state index in [1.54, 1.807) is 0 Å². The minimum Gasteiger partial charge on any atom is -0.381 e. The summed E-state index contributed by atoms with van der Waals surface area (Å²) in [5, 5.41) is 3.61. The van der Waals surface area contributed by atoms with Crippen LogP contribution in [-0.2, 0) is 0 Å². The van der Waals surface area contributed by atoms with Crippen LogP contribution in [0.2, 0.25) is 0 Å². The van der Waals surface area contributed by atoms with Crippen molar-refractivity contribution in [2.24, 2.45) is 5.73 Å². The van der Waals surface area contributed by atoms with E-state index in [2.05, 4.69) is 46.4 Å². The second-order valence-electron chi connectivity index (χ2n) is 4.69. The third-order valence-corrected chi connectivity index (χ3v) is 4.38. The highest BCUT2D eigenvalue weighted by Crippen LogP contribution is 2.28. The molecule has 3 heteroatoms. The first-order valence-electron chi connectivity index (χ1n) is 5.94. The number of aryl methyl sites for hydroxylation is 1. The molecule has 1 aliphatic rings. The van der Waals surface area contributed by atoms with Crippen molar-refractivity contribution in [2.75, 3.05) is 5.32 Å². The molecule has 1 aliphatic carbocycles. The zero-order chi connectivity index (χ0) is 11.5. The molecule has 88 valence electrons. The summed E-state index contributed by atoms with van der Waals surface area (Å²) in [5.74, 6) is 0. The van der Waals surface area contributed by atoms with Crippen LogP contribution in [0.15, 0.2) is 22.7 Å². The van der Waals surface area contributed by atoms with Crippen LogP contribution in [0.25, 0.3) is 0 Å². The molecule has 1 aromatic rings. The number of hydrogen-bond acceptors (Lipinski definition) is 2. The van der Waals surface area contributed by atoms with Crippen LogP contribution in [0.4, 0.5) is 5.69 Å². The van der Waals surface area contributed by atoms with Crippen LogP contribution in [0.1, 0.15) is 31.2 Å². The van der Waals surface area contributed by atoms with Crippen molar-refractivity contribution in [2.45, 2.75) is 44.7 Å². The molecule has 2 nitrogen and oxygen atoms in total. The Morgan fingerprint density at radius 3 is 2.62 bits per heavy atom. The van der Waals surface area contributed by atoms with Crippen LogP contribution in [0.5, 0.6) is 0 Å². The Labute approximate surface area is 106 Å². The summed E-state index contributed by atoms with van der Waals surface area (Å²) >= 11 is 3.63. The van der Waals surface area contributed by atoms with E-state index in [4.69, 9.17) is 5.73 Å². The standard InChI is InChI=1S/C13H19BrN2/c1-9-3-2-4-12(13(9)14)16-11-7-5-10(15)6-8-11/h2-4,10-11,16H,5-8,15H2,1H3. The zero-order valence-corrected chi connectivity index (χ0v) is 11.3. The Morgan fingerprint density at radius 1 is 1.25 bits per heavy atom. The lowest BCUT2D eigenvalue weighted by Crippen LogP contribution is -2.32. The van der Waals surface area contributed by atoms with Crippen LogP contribution in [0.3, 0.4) is 0 Å². The lowest BCUT2D eigenvalue weighted by atomic mass is 9.91. The third kappa shape index (κ3) is 2.77. The minimum absolute atomic E-state index is 0.416. The summed E-state index contributed by atoms with van der Waals surface area (Å²) in [7, 11) is 0. The van der Waals surface area contributed by atoms with Crippen LogP contribution in [0, 0.1) is 6.92 Å². The Morgan fingerprint density at radius 2 is 1.94 bits per heavy atom. The van der Waals surface area contributed by atoms with Gasteiger partial charge in [0.25, 0.3) is 0 Å². The molecule has 0 aromatic heterocycles. The highest BCUT2D eigenvalue weighted by molar-refractivity contribution is 9.10. The number of hydrogen-bond donors (Lipinski definition) is 2. The molecule has 0 heterocycles. The Bertz CT molecular complexity index is 357. The second-order valence-corrected chi connectivity index (χ2v) is 5.49. The van der Waals surface area contributed by atoms with Crippen molar-refractivity contribution >= 4 is 21.6 Å². The molecule has 0 spiro atoms. The third-order valence-electron chi connectivity index (χ3n) is 3.32. The van der Waals surface area contributed by atoms with Gasteiger partial charge in [-0.15, -0.1) is 0 Å². The molecule has 0 amide bonds. The van der Waals surface area contributed by atoms with Gasteiger partial charge in [0, 0.05) is 22.2 Å². The van der Waals surface area contributed by atoms with Crippen molar-refractivity contribution in [3.63, 3.8) is 0 Å². The van der Waals surface area contributed by atoms with Crippen LogP contribution >= 0.6 is 15.9 Å². The first-order chi connectivity index (χ1) is 7.66. The molecule has 0 unspecified atom stereocenters. The van der Waals surface area contributed by atoms with Gasteiger partial charge in [-0.1, -0.05) is 12.1 Å². The normalized spacial score (nSPS) is 25.4. The van der Waals surface area contributed by atoms with E-state index >= 15 is 0 Å². The van der Waals surface area contributed by atoms with Gasteiger partial charge in [0.2, 0.25) is 0 Å². The van der Waals surface area contributed by atoms with E-state index in [0.717, 1.165) is 12.8 Å². The zero-order valence-electron chi connectivity index (χ0n) is 9.67. The summed E-state index contributed by atoms with van der Waals surface area (Å²) in [6, 6.07) is 7.34. The summed E-state index contributed by atoms with van der Waals surface area (Å²) in [4.78, 5) is 0. The molecule has 0 bridgehead atoms. The molecule has 0 radical (unpaired) electrons. The van der Waals surface area contributed by atoms with E-state index < -0.39 is 0 Å². The highest BCUT2D eigenvalue weighted by Gasteiger charge is 2.18. The van der Waals surface area contributed by atoms with E-state index in [1.165, 1.54) is 28.6 Å². The number of halogens is 1. The molecule has 1 aromatic carbocycles. The molecule has 16 heavy (non-hydrogen) atoms. The minimum atomic E-state index is 0.416. The number of rotatable bonds is 2. The van der Waals surface area contributed by atoms with E-state index in [1.807, 2.05) is 0 Å². The van der Waals surface area contributed by atoms with Gasteiger partial charge in [0.15, 0.2) is 0 Å². The lowest BCUT2D eigenvalue weighted by molar-refractivity contribution is 0.411. The molecular weight excluding hydrogens is 264 g/mol. The number of anilines is 1. The molecule has 2 rings (SSSR count). The Kier molecular flexibility index (Phi) is 3.87. The van der Waals surface area contributed by atoms with E-state index in [9.17, 15) is 0 Å². The van der Waals surface area contributed by atoms with Crippen molar-refractivity contribution in [3.8, 4) is 0 Å². The maximum Gasteiger partial charge on any atom is 0.0489 e. The summed E-state index contributed by atoms with van der Waals surface area (Å²) in [6.45, 7) is 2.12. The molecule has 1 fully saturated rings. The summed E-state index contributed by atoms with van der Waals surface area (Å²) < 4.78 is 1.19. The molecule has 0 atom stereocenters. The molecular formula is C13H19BrN2. The van der Waals surface area contributed by atoms with Crippen molar-refractivity contribution in [1.82, 2.24) is 0 Å². The van der Waals surface area contributed by atoms with E-state index in [0.29, 0.717) is 12.1 Å². The van der Waals surface area contributed by atoms with Crippen LogP contribution in [-0.4, -0.2) is 12.1 Å². The number of nitrogens with one attached hydrogen (secondary N) is 1. The van der Waals surface area contributed by atoms with Gasteiger partial charge >= 0.3 is 0 Å². The monoisotopic (exact) mass is 282 g/mol. The lowest BCUT2D eigenvalue weighted by Gasteiger charge is -2.28. The van der Waals surface area contributed by atoms with Crippen molar-refractivity contribution in [1.29, 1.82) is 0 Å². The maximum absolute atomic E-state index is 5.91. The van der Waals surface area contributed by atoms with Gasteiger partial charge in [-0.2, -0.15) is 0 Å². The Balaban J connectivity index is 2.01. The quantitative estimate of drug-likeness (QED) is 0.872. The average Bonchev–Trinajstić information content (AvgIpc) is 2.28. The first kappa shape index (κ1) is 11.9. The van der Waals surface area contributed by atoms with E-state index in [-0.39, 0.29) is 0 Å². The fraction of sp³-hybridized carbons (Fsp3) is 0.538. The van der Waals surface area contributed by atoms with Crippen molar-refractivity contribution < 1.29 is 0 Å². The number of benzene rings is 1. The van der Waals surface area contributed by atoms with Gasteiger partial charge in [0.1, 0.15) is 0 Å². The second kappa shape index (κ2) is 5.19. The predicted molar refractivity (Wildman–Crippen MR) is 72.7 cm³/mol. The predicted octanol–water partition coefficient (Wildman–Crippen LogP) is 3.44. The fourth-order valence-corrected chi connectivity index (χ4v) is 2.62. The maximum atomic E-state index is 5.91. The highest BCUT2D eigenvalue weighted by atomic mass is 79.9. The smallest absolute Gasteiger partial charge is 0.0489 e. The van der Waals surface area contributed by atoms with Gasteiger partial charge in [-0.05, 0) is 60.2 Å². The van der Waals surface area contributed by atoms with Gasteiger partial charge in [-0.3, -0.25) is 0 Å². The summed E-state index contributed by atoms with van der Waals surface area (Å²) in [6.07, 6.45) is 4.64. The van der Waals surface area contributed by atoms with Crippen molar-refractivity contribution in [3.05, 3.63) is 28.2 Å².